The number of rotatable bonds is 4. The Balaban J connectivity index is 1.73. The quantitative estimate of drug-likeness (QED) is 0.658. The molecule has 5 nitrogen and oxygen atoms in total. The zero-order valence-corrected chi connectivity index (χ0v) is 13.6. The van der Waals surface area contributed by atoms with Crippen LogP contribution in [-0.2, 0) is 11.3 Å². The minimum Gasteiger partial charge on any atom is -0.352 e. The summed E-state index contributed by atoms with van der Waals surface area (Å²) in [5.74, 6) is 0.830. The summed E-state index contributed by atoms with van der Waals surface area (Å²) in [5, 5.41) is 6.33. The highest BCUT2D eigenvalue weighted by Gasteiger charge is 2.16. The van der Waals surface area contributed by atoms with E-state index in [2.05, 4.69) is 34.7 Å². The van der Waals surface area contributed by atoms with E-state index in [4.69, 9.17) is 0 Å². The Hall–Kier alpha value is -1.56. The van der Waals surface area contributed by atoms with Crippen LogP contribution in [0.1, 0.15) is 29.0 Å². The largest absolute Gasteiger partial charge is 0.352 e. The van der Waals surface area contributed by atoms with E-state index in [9.17, 15) is 4.79 Å². The van der Waals surface area contributed by atoms with Crippen LogP contribution >= 0.6 is 11.3 Å². The summed E-state index contributed by atoms with van der Waals surface area (Å²) in [6, 6.07) is 4.22. The van der Waals surface area contributed by atoms with Gasteiger partial charge < -0.3 is 15.5 Å². The smallest absolute Gasteiger partial charge is 0.241 e. The second kappa shape index (κ2) is 8.02. The molecule has 6 heteroatoms. The fraction of sp³-hybridized carbons (Fsp3) is 0.600. The van der Waals surface area contributed by atoms with Crippen molar-refractivity contribution in [2.24, 2.45) is 4.99 Å². The van der Waals surface area contributed by atoms with Gasteiger partial charge in [0.05, 0.1) is 13.1 Å². The number of guanidine groups is 1. The zero-order chi connectivity index (χ0) is 15.1. The summed E-state index contributed by atoms with van der Waals surface area (Å²) < 4.78 is 0. The van der Waals surface area contributed by atoms with Gasteiger partial charge in [0.2, 0.25) is 5.91 Å². The second-order valence-electron chi connectivity index (χ2n) is 5.23. The van der Waals surface area contributed by atoms with Gasteiger partial charge in [-0.1, -0.05) is 0 Å². The molecule has 1 saturated heterocycles. The Morgan fingerprint density at radius 3 is 2.67 bits per heavy atom. The molecule has 21 heavy (non-hydrogen) atoms. The predicted octanol–water partition coefficient (Wildman–Crippen LogP) is 1.73. The van der Waals surface area contributed by atoms with Gasteiger partial charge in [0.1, 0.15) is 0 Å². The van der Waals surface area contributed by atoms with E-state index in [0.29, 0.717) is 12.5 Å². The number of aryl methyl sites for hydroxylation is 1. The highest BCUT2D eigenvalue weighted by Crippen LogP contribution is 2.14. The number of aliphatic imine (C=N–C) groups is 1. The Morgan fingerprint density at radius 1 is 1.29 bits per heavy atom. The lowest BCUT2D eigenvalue weighted by atomic mass is 10.1. The number of hydrogen-bond donors (Lipinski definition) is 2. The van der Waals surface area contributed by atoms with Crippen LogP contribution in [0, 0.1) is 6.92 Å². The molecule has 2 N–H and O–H groups in total. The Kier molecular flexibility index (Phi) is 6.04. The van der Waals surface area contributed by atoms with Crippen LogP contribution < -0.4 is 10.6 Å². The van der Waals surface area contributed by atoms with Crippen LogP contribution in [0.5, 0.6) is 0 Å². The lowest BCUT2D eigenvalue weighted by Gasteiger charge is -2.27. The van der Waals surface area contributed by atoms with E-state index in [0.717, 1.165) is 32.5 Å². The fourth-order valence-corrected chi connectivity index (χ4v) is 3.22. The van der Waals surface area contributed by atoms with E-state index in [1.165, 1.54) is 16.2 Å². The number of likely N-dealkylation sites (tertiary alicyclic amines) is 1. The molecule has 1 amide bonds. The monoisotopic (exact) mass is 308 g/mol. The number of piperidine rings is 1. The third-order valence-corrected chi connectivity index (χ3v) is 4.57. The molecular weight excluding hydrogens is 284 g/mol. The topological polar surface area (TPSA) is 56.7 Å². The molecule has 2 heterocycles. The number of nitrogens with one attached hydrogen (secondary N) is 2. The molecule has 1 aromatic rings. The average molecular weight is 308 g/mol. The lowest BCUT2D eigenvalue weighted by Crippen LogP contribution is -2.45. The van der Waals surface area contributed by atoms with Crippen LogP contribution in [0.25, 0.3) is 0 Å². The molecule has 1 fully saturated rings. The van der Waals surface area contributed by atoms with Crippen molar-refractivity contribution >= 4 is 23.2 Å². The van der Waals surface area contributed by atoms with Gasteiger partial charge in [-0.25, -0.2) is 0 Å². The minimum atomic E-state index is 0.157. The fourth-order valence-electron chi connectivity index (χ4n) is 2.39. The van der Waals surface area contributed by atoms with Crippen molar-refractivity contribution in [2.45, 2.75) is 32.7 Å². The minimum absolute atomic E-state index is 0.157. The Labute approximate surface area is 130 Å². The molecule has 1 aromatic heterocycles. The highest BCUT2D eigenvalue weighted by molar-refractivity contribution is 7.11. The number of carbonyl (C=O) groups is 1. The number of hydrogen-bond acceptors (Lipinski definition) is 3. The first-order chi connectivity index (χ1) is 10.2. The number of amides is 1. The molecular formula is C15H24N4OS. The van der Waals surface area contributed by atoms with Crippen LogP contribution in [0.15, 0.2) is 17.1 Å². The van der Waals surface area contributed by atoms with Gasteiger partial charge in [-0.05, 0) is 38.3 Å². The average Bonchev–Trinajstić information content (AvgIpc) is 2.93. The van der Waals surface area contributed by atoms with Crippen molar-refractivity contribution in [1.29, 1.82) is 0 Å². The first-order valence-electron chi connectivity index (χ1n) is 7.46. The number of carbonyl (C=O) groups excluding carboxylic acids is 1. The van der Waals surface area contributed by atoms with Crippen molar-refractivity contribution in [3.63, 3.8) is 0 Å². The molecule has 0 unspecified atom stereocenters. The molecule has 2 rings (SSSR count). The van der Waals surface area contributed by atoms with Crippen LogP contribution in [0.2, 0.25) is 0 Å². The maximum absolute atomic E-state index is 12.1. The molecule has 0 aromatic carbocycles. The molecule has 0 atom stereocenters. The predicted molar refractivity (Wildman–Crippen MR) is 87.7 cm³/mol. The lowest BCUT2D eigenvalue weighted by molar-refractivity contribution is -0.130. The van der Waals surface area contributed by atoms with Gasteiger partial charge in [-0.3, -0.25) is 9.79 Å². The third kappa shape index (κ3) is 5.04. The van der Waals surface area contributed by atoms with E-state index < -0.39 is 0 Å². The zero-order valence-electron chi connectivity index (χ0n) is 12.8. The standard InChI is InChI=1S/C15H24N4OS/c1-12-6-7-13(21-12)10-17-15(16-2)18-11-14(20)19-8-4-3-5-9-19/h6-7H,3-5,8-11H2,1-2H3,(H2,16,17,18). The summed E-state index contributed by atoms with van der Waals surface area (Å²) in [6.45, 7) is 4.92. The van der Waals surface area contributed by atoms with Crippen molar-refractivity contribution in [3.8, 4) is 0 Å². The Morgan fingerprint density at radius 2 is 2.05 bits per heavy atom. The maximum Gasteiger partial charge on any atom is 0.241 e. The highest BCUT2D eigenvalue weighted by atomic mass is 32.1. The normalized spacial score (nSPS) is 15.9. The van der Waals surface area contributed by atoms with Crippen molar-refractivity contribution in [1.82, 2.24) is 15.5 Å². The molecule has 0 spiro atoms. The summed E-state index contributed by atoms with van der Waals surface area (Å²) in [4.78, 5) is 20.7. The summed E-state index contributed by atoms with van der Waals surface area (Å²) >= 11 is 1.77. The van der Waals surface area contributed by atoms with Gasteiger partial charge in [0.15, 0.2) is 5.96 Å². The third-order valence-electron chi connectivity index (χ3n) is 3.57. The van der Waals surface area contributed by atoms with E-state index in [1.807, 2.05) is 4.90 Å². The van der Waals surface area contributed by atoms with Crippen LogP contribution in [0.3, 0.4) is 0 Å². The van der Waals surface area contributed by atoms with Gasteiger partial charge in [-0.2, -0.15) is 0 Å². The molecule has 0 radical (unpaired) electrons. The molecule has 0 aliphatic carbocycles. The van der Waals surface area contributed by atoms with Gasteiger partial charge in [-0.15, -0.1) is 11.3 Å². The first kappa shape index (κ1) is 15.8. The van der Waals surface area contributed by atoms with E-state index in [-0.39, 0.29) is 5.91 Å². The van der Waals surface area contributed by atoms with E-state index >= 15 is 0 Å². The number of nitrogens with zero attached hydrogens (tertiary/aromatic N) is 2. The SMILES string of the molecule is CN=C(NCC(=O)N1CCCCC1)NCc1ccc(C)s1. The first-order valence-corrected chi connectivity index (χ1v) is 8.28. The van der Waals surface area contributed by atoms with Gasteiger partial charge in [0.25, 0.3) is 0 Å². The van der Waals surface area contributed by atoms with Crippen molar-refractivity contribution < 1.29 is 4.79 Å². The van der Waals surface area contributed by atoms with Crippen LogP contribution in [0.4, 0.5) is 0 Å². The van der Waals surface area contributed by atoms with Gasteiger partial charge >= 0.3 is 0 Å². The Bertz CT molecular complexity index is 492. The maximum atomic E-state index is 12.1. The number of thiophene rings is 1. The van der Waals surface area contributed by atoms with Crippen molar-refractivity contribution in [3.05, 3.63) is 21.9 Å². The molecule has 0 bridgehead atoms. The van der Waals surface area contributed by atoms with Gasteiger partial charge in [0, 0.05) is 29.9 Å². The summed E-state index contributed by atoms with van der Waals surface area (Å²) in [6.07, 6.45) is 3.48. The summed E-state index contributed by atoms with van der Waals surface area (Å²) in [5.41, 5.74) is 0. The summed E-state index contributed by atoms with van der Waals surface area (Å²) in [7, 11) is 1.72. The van der Waals surface area contributed by atoms with Crippen molar-refractivity contribution in [2.75, 3.05) is 26.7 Å². The second-order valence-corrected chi connectivity index (χ2v) is 6.61. The molecule has 1 aliphatic heterocycles. The molecule has 1 aliphatic rings. The van der Waals surface area contributed by atoms with E-state index in [1.54, 1.807) is 18.4 Å². The molecule has 0 saturated carbocycles. The van der Waals surface area contributed by atoms with Crippen LogP contribution in [-0.4, -0.2) is 43.4 Å². The molecule has 116 valence electrons.